The predicted molar refractivity (Wildman–Crippen MR) is 96.7 cm³/mol. The standard InChI is InChI=1S/C19H20N4O2/c1-13(2)23-19(25)16-9-4-3-8-15(16)17(22-23)18(24)21-12-10-14-7-5-6-11-20-14/h3-9,11,13H,10,12H2,1-2H3,(H,21,24). The molecule has 6 nitrogen and oxygen atoms in total. The molecule has 3 rings (SSSR count). The van der Waals surface area contributed by atoms with E-state index >= 15 is 0 Å². The van der Waals surface area contributed by atoms with Crippen LogP contribution in [-0.4, -0.2) is 27.2 Å². The van der Waals surface area contributed by atoms with Gasteiger partial charge in [0.2, 0.25) is 0 Å². The number of amides is 1. The molecule has 1 N–H and O–H groups in total. The number of carbonyl (C=O) groups excluding carboxylic acids is 1. The number of fused-ring (bicyclic) bond motifs is 1. The largest absolute Gasteiger partial charge is 0.350 e. The van der Waals surface area contributed by atoms with Crippen molar-refractivity contribution >= 4 is 16.7 Å². The van der Waals surface area contributed by atoms with Crippen LogP contribution in [0.2, 0.25) is 0 Å². The maximum Gasteiger partial charge on any atom is 0.274 e. The van der Waals surface area contributed by atoms with Crippen LogP contribution in [0.5, 0.6) is 0 Å². The summed E-state index contributed by atoms with van der Waals surface area (Å²) in [4.78, 5) is 29.4. The number of pyridine rings is 1. The maximum atomic E-state index is 12.6. The first kappa shape index (κ1) is 16.8. The van der Waals surface area contributed by atoms with Gasteiger partial charge in [-0.3, -0.25) is 14.6 Å². The molecule has 2 heterocycles. The first-order valence-electron chi connectivity index (χ1n) is 8.27. The van der Waals surface area contributed by atoms with Gasteiger partial charge in [-0.1, -0.05) is 24.3 Å². The van der Waals surface area contributed by atoms with Gasteiger partial charge in [-0.25, -0.2) is 4.68 Å². The van der Waals surface area contributed by atoms with Crippen molar-refractivity contribution in [3.8, 4) is 0 Å². The van der Waals surface area contributed by atoms with Crippen LogP contribution in [0, 0.1) is 0 Å². The Hall–Kier alpha value is -3.02. The number of hydrogen-bond donors (Lipinski definition) is 1. The van der Waals surface area contributed by atoms with Crippen molar-refractivity contribution in [3.63, 3.8) is 0 Å². The van der Waals surface area contributed by atoms with Crippen LogP contribution in [0.3, 0.4) is 0 Å². The van der Waals surface area contributed by atoms with Crippen LogP contribution >= 0.6 is 0 Å². The Morgan fingerprint density at radius 1 is 1.12 bits per heavy atom. The van der Waals surface area contributed by atoms with E-state index in [1.165, 1.54) is 4.68 Å². The molecule has 0 unspecified atom stereocenters. The first-order valence-corrected chi connectivity index (χ1v) is 8.27. The first-order chi connectivity index (χ1) is 12.1. The minimum absolute atomic E-state index is 0.128. The van der Waals surface area contributed by atoms with Crippen molar-refractivity contribution in [2.75, 3.05) is 6.54 Å². The van der Waals surface area contributed by atoms with Crippen molar-refractivity contribution in [1.82, 2.24) is 20.1 Å². The van der Waals surface area contributed by atoms with E-state index in [2.05, 4.69) is 15.4 Å². The molecule has 1 aromatic carbocycles. The highest BCUT2D eigenvalue weighted by Gasteiger charge is 2.17. The summed E-state index contributed by atoms with van der Waals surface area (Å²) in [6.07, 6.45) is 2.36. The van der Waals surface area contributed by atoms with Crippen molar-refractivity contribution in [2.24, 2.45) is 0 Å². The number of nitrogens with zero attached hydrogens (tertiary/aromatic N) is 3. The molecule has 128 valence electrons. The summed E-state index contributed by atoms with van der Waals surface area (Å²) >= 11 is 0. The fourth-order valence-electron chi connectivity index (χ4n) is 2.66. The van der Waals surface area contributed by atoms with E-state index < -0.39 is 0 Å². The Bertz CT molecular complexity index is 949. The van der Waals surface area contributed by atoms with E-state index in [1.54, 1.807) is 30.5 Å². The lowest BCUT2D eigenvalue weighted by molar-refractivity contribution is 0.0948. The molecule has 0 saturated carbocycles. The SMILES string of the molecule is CC(C)n1nc(C(=O)NCCc2ccccn2)c2ccccc2c1=O. The Morgan fingerprint density at radius 2 is 1.84 bits per heavy atom. The second-order valence-corrected chi connectivity index (χ2v) is 6.06. The van der Waals surface area contributed by atoms with Gasteiger partial charge in [-0.15, -0.1) is 0 Å². The molecular weight excluding hydrogens is 316 g/mol. The number of rotatable bonds is 5. The minimum Gasteiger partial charge on any atom is -0.350 e. The van der Waals surface area contributed by atoms with Gasteiger partial charge in [-0.05, 0) is 32.0 Å². The van der Waals surface area contributed by atoms with Crippen LogP contribution in [0.25, 0.3) is 10.8 Å². The zero-order valence-electron chi connectivity index (χ0n) is 14.3. The number of benzene rings is 1. The van der Waals surface area contributed by atoms with Crippen molar-refractivity contribution in [2.45, 2.75) is 26.3 Å². The lowest BCUT2D eigenvalue weighted by Gasteiger charge is -2.13. The molecule has 0 aliphatic heterocycles. The van der Waals surface area contributed by atoms with E-state index in [9.17, 15) is 9.59 Å². The zero-order chi connectivity index (χ0) is 17.8. The lowest BCUT2D eigenvalue weighted by atomic mass is 10.1. The van der Waals surface area contributed by atoms with Gasteiger partial charge >= 0.3 is 0 Å². The number of hydrogen-bond acceptors (Lipinski definition) is 4. The third-order valence-electron chi connectivity index (χ3n) is 3.93. The average Bonchev–Trinajstić information content (AvgIpc) is 2.62. The monoisotopic (exact) mass is 336 g/mol. The molecule has 2 aromatic heterocycles. The van der Waals surface area contributed by atoms with Gasteiger partial charge in [0.15, 0.2) is 5.69 Å². The second kappa shape index (κ2) is 7.25. The topological polar surface area (TPSA) is 76.9 Å². The molecule has 0 spiro atoms. The summed E-state index contributed by atoms with van der Waals surface area (Å²) in [5, 5.41) is 8.24. The van der Waals surface area contributed by atoms with Crippen LogP contribution in [0.1, 0.15) is 36.1 Å². The van der Waals surface area contributed by atoms with Crippen LogP contribution in [0.4, 0.5) is 0 Å². The van der Waals surface area contributed by atoms with E-state index in [4.69, 9.17) is 0 Å². The molecule has 3 aromatic rings. The Morgan fingerprint density at radius 3 is 2.52 bits per heavy atom. The summed E-state index contributed by atoms with van der Waals surface area (Å²) in [7, 11) is 0. The molecule has 1 amide bonds. The normalized spacial score (nSPS) is 11.0. The Balaban J connectivity index is 1.88. The highest BCUT2D eigenvalue weighted by molar-refractivity contribution is 6.04. The van der Waals surface area contributed by atoms with E-state index in [1.807, 2.05) is 32.0 Å². The predicted octanol–water partition coefficient (Wildman–Crippen LogP) is 2.34. The second-order valence-electron chi connectivity index (χ2n) is 6.06. The molecule has 0 saturated heterocycles. The molecule has 0 radical (unpaired) electrons. The third kappa shape index (κ3) is 3.57. The zero-order valence-corrected chi connectivity index (χ0v) is 14.3. The number of carbonyl (C=O) groups is 1. The Labute approximate surface area is 145 Å². The fraction of sp³-hybridized carbons (Fsp3) is 0.263. The smallest absolute Gasteiger partial charge is 0.274 e. The number of nitrogens with one attached hydrogen (secondary N) is 1. The molecular formula is C19H20N4O2. The van der Waals surface area contributed by atoms with E-state index in [-0.39, 0.29) is 23.2 Å². The highest BCUT2D eigenvalue weighted by atomic mass is 16.2. The van der Waals surface area contributed by atoms with Gasteiger partial charge in [-0.2, -0.15) is 5.10 Å². The van der Waals surface area contributed by atoms with Gasteiger partial charge in [0.25, 0.3) is 11.5 Å². The van der Waals surface area contributed by atoms with E-state index in [0.717, 1.165) is 5.69 Å². The van der Waals surface area contributed by atoms with Gasteiger partial charge < -0.3 is 5.32 Å². The summed E-state index contributed by atoms with van der Waals surface area (Å²) < 4.78 is 1.36. The molecule has 0 fully saturated rings. The van der Waals surface area contributed by atoms with Gasteiger partial charge in [0, 0.05) is 30.2 Å². The molecule has 0 atom stereocenters. The summed E-state index contributed by atoms with van der Waals surface area (Å²) in [6, 6.07) is 12.6. The minimum atomic E-state index is -0.290. The van der Waals surface area contributed by atoms with E-state index in [0.29, 0.717) is 23.7 Å². The van der Waals surface area contributed by atoms with Gasteiger partial charge in [0.05, 0.1) is 11.4 Å². The molecule has 0 aliphatic rings. The summed E-state index contributed by atoms with van der Waals surface area (Å²) in [5.74, 6) is -0.290. The molecule has 6 heteroatoms. The molecule has 0 aliphatic carbocycles. The fourth-order valence-corrected chi connectivity index (χ4v) is 2.66. The highest BCUT2D eigenvalue weighted by Crippen LogP contribution is 2.14. The van der Waals surface area contributed by atoms with Crippen LogP contribution in [0.15, 0.2) is 53.5 Å². The molecule has 0 bridgehead atoms. The van der Waals surface area contributed by atoms with Crippen molar-refractivity contribution < 1.29 is 4.79 Å². The quantitative estimate of drug-likeness (QED) is 0.776. The summed E-state index contributed by atoms with van der Waals surface area (Å²) in [6.45, 7) is 4.19. The van der Waals surface area contributed by atoms with Crippen molar-refractivity contribution in [3.05, 3.63) is 70.4 Å². The average molecular weight is 336 g/mol. The van der Waals surface area contributed by atoms with Crippen LogP contribution in [-0.2, 0) is 6.42 Å². The third-order valence-corrected chi connectivity index (χ3v) is 3.93. The van der Waals surface area contributed by atoms with Crippen molar-refractivity contribution in [1.29, 1.82) is 0 Å². The lowest BCUT2D eigenvalue weighted by Crippen LogP contribution is -2.32. The van der Waals surface area contributed by atoms with Gasteiger partial charge in [0.1, 0.15) is 0 Å². The Kier molecular flexibility index (Phi) is 4.88. The molecule has 25 heavy (non-hydrogen) atoms. The van der Waals surface area contributed by atoms with Crippen LogP contribution < -0.4 is 10.9 Å². The number of aromatic nitrogens is 3. The summed E-state index contributed by atoms with van der Waals surface area (Å²) in [5.41, 5.74) is 0.994. The maximum absolute atomic E-state index is 12.6.